The second-order valence-corrected chi connectivity index (χ2v) is 6.56. The summed E-state index contributed by atoms with van der Waals surface area (Å²) in [6.45, 7) is 4.76. The number of halogens is 2. The van der Waals surface area contributed by atoms with Crippen LogP contribution in [0.15, 0.2) is 45.3 Å². The zero-order chi connectivity index (χ0) is 15.4. The summed E-state index contributed by atoms with van der Waals surface area (Å²) >= 11 is 7.29. The van der Waals surface area contributed by atoms with E-state index in [0.717, 1.165) is 14.7 Å². The van der Waals surface area contributed by atoms with Crippen LogP contribution in [-0.2, 0) is 0 Å². The number of nitrogens with one attached hydrogen (secondary N) is 1. The third-order valence-electron chi connectivity index (χ3n) is 3.40. The lowest BCUT2D eigenvalue weighted by molar-refractivity contribution is 0.340. The Kier molecular flexibility index (Phi) is 5.85. The number of ether oxygens (including phenoxy) is 1. The first-order chi connectivity index (χ1) is 10.1. The number of hydrogen-bond donors (Lipinski definition) is 1. The van der Waals surface area contributed by atoms with E-state index in [-0.39, 0.29) is 6.04 Å². The van der Waals surface area contributed by atoms with Gasteiger partial charge in [0.05, 0.1) is 12.6 Å². The monoisotopic (exact) mass is 411 g/mol. The van der Waals surface area contributed by atoms with Crippen LogP contribution in [0.2, 0.25) is 0 Å². The second kappa shape index (κ2) is 7.43. The summed E-state index contributed by atoms with van der Waals surface area (Å²) in [6, 6.07) is 12.7. The average molecular weight is 413 g/mol. The minimum absolute atomic E-state index is 0.131. The number of aryl methyl sites for hydroxylation is 1. The normalized spacial score (nSPS) is 12.2. The molecule has 1 N–H and O–H groups in total. The lowest BCUT2D eigenvalue weighted by Gasteiger charge is -2.20. The van der Waals surface area contributed by atoms with Crippen LogP contribution in [-0.4, -0.2) is 13.7 Å². The van der Waals surface area contributed by atoms with Gasteiger partial charge in [0.1, 0.15) is 5.75 Å². The molecule has 4 heteroatoms. The Morgan fingerprint density at radius 2 is 1.76 bits per heavy atom. The van der Waals surface area contributed by atoms with E-state index in [1.807, 2.05) is 26.1 Å². The molecule has 0 aromatic heterocycles. The van der Waals surface area contributed by atoms with Crippen LogP contribution in [0, 0.1) is 6.92 Å². The molecule has 0 spiro atoms. The molecule has 2 aromatic carbocycles. The highest BCUT2D eigenvalue weighted by Gasteiger charge is 2.16. The van der Waals surface area contributed by atoms with Gasteiger partial charge in [0.15, 0.2) is 0 Å². The molecule has 0 heterocycles. The predicted molar refractivity (Wildman–Crippen MR) is 95.1 cm³/mol. The average Bonchev–Trinajstić information content (AvgIpc) is 2.47. The smallest absolute Gasteiger partial charge is 0.119 e. The first kappa shape index (κ1) is 16.5. The van der Waals surface area contributed by atoms with Crippen molar-refractivity contribution in [2.75, 3.05) is 13.7 Å². The SMILES string of the molecule is CCOc1ccc(C(NC)c2cc(Br)c(C)cc2Br)cc1. The number of benzene rings is 2. The first-order valence-corrected chi connectivity index (χ1v) is 8.51. The van der Waals surface area contributed by atoms with Crippen molar-refractivity contribution in [3.05, 3.63) is 62.0 Å². The van der Waals surface area contributed by atoms with Gasteiger partial charge in [0.25, 0.3) is 0 Å². The van der Waals surface area contributed by atoms with Gasteiger partial charge < -0.3 is 10.1 Å². The van der Waals surface area contributed by atoms with E-state index in [9.17, 15) is 0 Å². The van der Waals surface area contributed by atoms with Crippen molar-refractivity contribution >= 4 is 31.9 Å². The number of rotatable bonds is 5. The molecule has 112 valence electrons. The summed E-state index contributed by atoms with van der Waals surface area (Å²) in [5.41, 5.74) is 3.63. The quantitative estimate of drug-likeness (QED) is 0.725. The van der Waals surface area contributed by atoms with Gasteiger partial charge in [-0.2, -0.15) is 0 Å². The van der Waals surface area contributed by atoms with Gasteiger partial charge in [-0.1, -0.05) is 44.0 Å². The van der Waals surface area contributed by atoms with Gasteiger partial charge in [-0.05, 0) is 61.9 Å². The van der Waals surface area contributed by atoms with Crippen molar-refractivity contribution in [3.63, 3.8) is 0 Å². The minimum atomic E-state index is 0.131. The van der Waals surface area contributed by atoms with E-state index in [2.05, 4.69) is 68.4 Å². The van der Waals surface area contributed by atoms with E-state index >= 15 is 0 Å². The van der Waals surface area contributed by atoms with Gasteiger partial charge in [-0.15, -0.1) is 0 Å². The molecular formula is C17H19Br2NO. The van der Waals surface area contributed by atoms with Crippen LogP contribution in [0.3, 0.4) is 0 Å². The maximum absolute atomic E-state index is 5.50. The summed E-state index contributed by atoms with van der Waals surface area (Å²) in [7, 11) is 1.97. The molecule has 0 aliphatic heterocycles. The fraction of sp³-hybridized carbons (Fsp3) is 0.294. The molecule has 2 rings (SSSR count). The Balaban J connectivity index is 2.37. The highest BCUT2D eigenvalue weighted by atomic mass is 79.9. The Hall–Kier alpha value is -0.840. The van der Waals surface area contributed by atoms with Crippen molar-refractivity contribution < 1.29 is 4.74 Å². The topological polar surface area (TPSA) is 21.3 Å². The van der Waals surface area contributed by atoms with Gasteiger partial charge in [-0.25, -0.2) is 0 Å². The Labute approximate surface area is 143 Å². The van der Waals surface area contributed by atoms with E-state index < -0.39 is 0 Å². The summed E-state index contributed by atoms with van der Waals surface area (Å²) in [5.74, 6) is 0.903. The lowest BCUT2D eigenvalue weighted by atomic mass is 9.98. The third-order valence-corrected chi connectivity index (χ3v) is 4.94. The highest BCUT2D eigenvalue weighted by Crippen LogP contribution is 2.33. The van der Waals surface area contributed by atoms with Gasteiger partial charge >= 0.3 is 0 Å². The van der Waals surface area contributed by atoms with E-state index in [4.69, 9.17) is 4.74 Å². The fourth-order valence-corrected chi connectivity index (χ4v) is 3.36. The predicted octanol–water partition coefficient (Wildman–Crippen LogP) is 5.23. The van der Waals surface area contributed by atoms with E-state index in [1.54, 1.807) is 0 Å². The molecule has 2 nitrogen and oxygen atoms in total. The van der Waals surface area contributed by atoms with Crippen LogP contribution in [0.4, 0.5) is 0 Å². The zero-order valence-electron chi connectivity index (χ0n) is 12.4. The Morgan fingerprint density at radius 1 is 1.10 bits per heavy atom. The maximum atomic E-state index is 5.50. The van der Waals surface area contributed by atoms with E-state index in [0.29, 0.717) is 6.61 Å². The number of hydrogen-bond acceptors (Lipinski definition) is 2. The van der Waals surface area contributed by atoms with Crippen molar-refractivity contribution in [3.8, 4) is 5.75 Å². The molecule has 1 atom stereocenters. The van der Waals surface area contributed by atoms with Crippen molar-refractivity contribution in [2.45, 2.75) is 19.9 Å². The Morgan fingerprint density at radius 3 is 2.33 bits per heavy atom. The molecule has 0 aliphatic carbocycles. The molecular weight excluding hydrogens is 394 g/mol. The molecule has 0 saturated carbocycles. The zero-order valence-corrected chi connectivity index (χ0v) is 15.6. The summed E-state index contributed by atoms with van der Waals surface area (Å²) in [6.07, 6.45) is 0. The molecule has 0 saturated heterocycles. The summed E-state index contributed by atoms with van der Waals surface area (Å²) in [4.78, 5) is 0. The Bertz CT molecular complexity index is 611. The standard InChI is InChI=1S/C17H19Br2NO/c1-4-21-13-7-5-12(6-8-13)17(20-3)14-10-15(18)11(2)9-16(14)19/h5-10,17,20H,4H2,1-3H3. The van der Waals surface area contributed by atoms with Crippen molar-refractivity contribution in [2.24, 2.45) is 0 Å². The van der Waals surface area contributed by atoms with Crippen LogP contribution >= 0.6 is 31.9 Å². The molecule has 2 aromatic rings. The first-order valence-electron chi connectivity index (χ1n) is 6.92. The van der Waals surface area contributed by atoms with Gasteiger partial charge in [0.2, 0.25) is 0 Å². The molecule has 0 aliphatic rings. The third kappa shape index (κ3) is 3.87. The molecule has 0 radical (unpaired) electrons. The van der Waals surface area contributed by atoms with Gasteiger partial charge in [-0.3, -0.25) is 0 Å². The highest BCUT2D eigenvalue weighted by molar-refractivity contribution is 9.11. The summed E-state index contributed by atoms with van der Waals surface area (Å²) in [5, 5.41) is 3.38. The molecule has 0 fully saturated rings. The van der Waals surface area contributed by atoms with Gasteiger partial charge in [0, 0.05) is 8.95 Å². The maximum Gasteiger partial charge on any atom is 0.119 e. The largest absolute Gasteiger partial charge is 0.494 e. The van der Waals surface area contributed by atoms with E-state index in [1.165, 1.54) is 16.7 Å². The molecule has 21 heavy (non-hydrogen) atoms. The van der Waals surface area contributed by atoms with Crippen LogP contribution < -0.4 is 10.1 Å². The molecule has 1 unspecified atom stereocenters. The molecule has 0 bridgehead atoms. The van der Waals surface area contributed by atoms with Crippen LogP contribution in [0.25, 0.3) is 0 Å². The lowest BCUT2D eigenvalue weighted by Crippen LogP contribution is -2.18. The van der Waals surface area contributed by atoms with Crippen LogP contribution in [0.1, 0.15) is 29.7 Å². The minimum Gasteiger partial charge on any atom is -0.494 e. The second-order valence-electron chi connectivity index (χ2n) is 4.85. The fourth-order valence-electron chi connectivity index (χ4n) is 2.31. The van der Waals surface area contributed by atoms with Crippen molar-refractivity contribution in [1.29, 1.82) is 0 Å². The van der Waals surface area contributed by atoms with Crippen LogP contribution in [0.5, 0.6) is 5.75 Å². The van der Waals surface area contributed by atoms with Crippen molar-refractivity contribution in [1.82, 2.24) is 5.32 Å². The summed E-state index contributed by atoms with van der Waals surface area (Å²) < 4.78 is 7.73. The molecule has 0 amide bonds.